The van der Waals surface area contributed by atoms with Crippen LogP contribution in [-0.2, 0) is 14.3 Å². The van der Waals surface area contributed by atoms with Crippen LogP contribution in [0, 0.1) is 0 Å². The molecule has 0 heterocycles. The average molecular weight is 341 g/mol. The van der Waals surface area contributed by atoms with Gasteiger partial charge in [-0.05, 0) is 31.0 Å². The maximum atomic E-state index is 11.3. The Labute approximate surface area is 135 Å². The minimum Gasteiger partial charge on any atom is -0.434 e. The normalized spacial score (nSPS) is 9.68. The van der Waals surface area contributed by atoms with Crippen molar-refractivity contribution in [3.05, 3.63) is 34.7 Å². The molecule has 0 fully saturated rings. The lowest BCUT2D eigenvalue weighted by Gasteiger charge is -2.03. The van der Waals surface area contributed by atoms with Gasteiger partial charge in [-0.1, -0.05) is 38.8 Å². The average Bonchev–Trinajstić information content (AvgIpc) is 2.49. The highest BCUT2D eigenvalue weighted by Gasteiger charge is 2.10. The first-order valence-corrected chi connectivity index (χ1v) is 8.79. The van der Waals surface area contributed by atoms with Crippen LogP contribution in [0.3, 0.4) is 0 Å². The zero-order valence-corrected chi connectivity index (χ0v) is 13.6. The Morgan fingerprint density at radius 2 is 2.05 bits per heavy atom. The van der Waals surface area contributed by atoms with Gasteiger partial charge in [0.15, 0.2) is 0 Å². The number of nitrogens with zero attached hydrogens (tertiary/aromatic N) is 3. The lowest BCUT2D eigenvalue weighted by molar-refractivity contribution is -0.139. The van der Waals surface area contributed by atoms with Crippen molar-refractivity contribution in [1.29, 1.82) is 0 Å². The molecule has 0 bridgehead atoms. The molecule has 0 atom stereocenters. The van der Waals surface area contributed by atoms with Crippen molar-refractivity contribution in [3.8, 4) is 0 Å². The molecule has 7 nitrogen and oxygen atoms in total. The molecule has 118 valence electrons. The molecule has 0 saturated carbocycles. The van der Waals surface area contributed by atoms with Gasteiger partial charge in [0.05, 0.1) is 6.61 Å². The van der Waals surface area contributed by atoms with E-state index in [0.29, 0.717) is 12.1 Å². The first-order valence-electron chi connectivity index (χ1n) is 6.47. The number of ether oxygens (including phenoxy) is 2. The highest BCUT2D eigenvalue weighted by atomic mass is 33.1. The van der Waals surface area contributed by atoms with Gasteiger partial charge >= 0.3 is 12.1 Å². The number of rotatable bonds is 8. The van der Waals surface area contributed by atoms with Crippen LogP contribution in [0.1, 0.15) is 19.8 Å². The minimum atomic E-state index is -0.949. The summed E-state index contributed by atoms with van der Waals surface area (Å²) in [6.45, 7) is 1.82. The third kappa shape index (κ3) is 7.82. The molecule has 0 amide bonds. The van der Waals surface area contributed by atoms with Crippen molar-refractivity contribution in [1.82, 2.24) is 0 Å². The van der Waals surface area contributed by atoms with Crippen molar-refractivity contribution >= 4 is 39.4 Å². The van der Waals surface area contributed by atoms with E-state index in [9.17, 15) is 9.59 Å². The molecular weight excluding hydrogens is 326 g/mol. The summed E-state index contributed by atoms with van der Waals surface area (Å²) in [5, 5.41) is 3.49. The maximum Gasteiger partial charge on any atom is 0.516 e. The van der Waals surface area contributed by atoms with E-state index in [4.69, 9.17) is 5.53 Å². The van der Waals surface area contributed by atoms with Gasteiger partial charge in [0.25, 0.3) is 0 Å². The van der Waals surface area contributed by atoms with Crippen molar-refractivity contribution in [2.45, 2.75) is 24.7 Å². The molecular formula is C13H15N3O4S2. The third-order valence-electron chi connectivity index (χ3n) is 2.22. The lowest BCUT2D eigenvalue weighted by Crippen LogP contribution is -2.13. The zero-order valence-electron chi connectivity index (χ0n) is 11.9. The fourth-order valence-corrected chi connectivity index (χ4v) is 3.37. The first-order chi connectivity index (χ1) is 10.7. The summed E-state index contributed by atoms with van der Waals surface area (Å²) >= 11 is 0. The second-order valence-electron chi connectivity index (χ2n) is 3.85. The second kappa shape index (κ2) is 10.8. The van der Waals surface area contributed by atoms with Crippen LogP contribution < -0.4 is 0 Å². The number of azide groups is 1. The van der Waals surface area contributed by atoms with Gasteiger partial charge in [0, 0.05) is 27.7 Å². The predicted molar refractivity (Wildman–Crippen MR) is 85.9 cm³/mol. The Morgan fingerprint density at radius 3 is 2.68 bits per heavy atom. The number of carbonyl (C=O) groups excluding carboxylic acids is 2. The molecule has 0 saturated heterocycles. The predicted octanol–water partition coefficient (Wildman–Crippen LogP) is 4.85. The number of carbonyl (C=O) groups is 2. The van der Waals surface area contributed by atoms with E-state index in [1.165, 1.54) is 0 Å². The van der Waals surface area contributed by atoms with E-state index in [1.807, 2.05) is 12.1 Å². The van der Waals surface area contributed by atoms with Crippen molar-refractivity contribution in [2.24, 2.45) is 5.11 Å². The van der Waals surface area contributed by atoms with Gasteiger partial charge in [-0.2, -0.15) is 0 Å². The van der Waals surface area contributed by atoms with Crippen molar-refractivity contribution in [3.63, 3.8) is 0 Å². The van der Waals surface area contributed by atoms with Gasteiger partial charge in [-0.25, -0.2) is 4.79 Å². The smallest absolute Gasteiger partial charge is 0.434 e. The fourth-order valence-electron chi connectivity index (χ4n) is 1.30. The van der Waals surface area contributed by atoms with Crippen LogP contribution in [-0.4, -0.2) is 24.5 Å². The first kappa shape index (κ1) is 18.2. The Kier molecular flexibility index (Phi) is 8.97. The summed E-state index contributed by atoms with van der Waals surface area (Å²) in [5.74, 6) is 0.156. The molecule has 0 aliphatic rings. The number of esters is 1. The molecule has 0 aliphatic carbocycles. The van der Waals surface area contributed by atoms with E-state index in [0.717, 1.165) is 10.6 Å². The van der Waals surface area contributed by atoms with Crippen LogP contribution in [0.5, 0.6) is 0 Å². The molecule has 0 unspecified atom stereocenters. The molecule has 0 N–H and O–H groups in total. The highest BCUT2D eigenvalue weighted by Crippen LogP contribution is 2.32. The maximum absolute atomic E-state index is 11.3. The van der Waals surface area contributed by atoms with Crippen LogP contribution in [0.25, 0.3) is 10.4 Å². The summed E-state index contributed by atoms with van der Waals surface area (Å²) in [6.07, 6.45) is -0.177. The van der Waals surface area contributed by atoms with E-state index < -0.39 is 12.1 Å². The molecule has 1 aromatic rings. The molecule has 0 spiro atoms. The molecule has 0 aliphatic heterocycles. The molecule has 1 aromatic carbocycles. The van der Waals surface area contributed by atoms with E-state index in [1.54, 1.807) is 40.6 Å². The molecule has 0 radical (unpaired) electrons. The van der Waals surface area contributed by atoms with E-state index in [-0.39, 0.29) is 13.0 Å². The van der Waals surface area contributed by atoms with Gasteiger partial charge in [0.2, 0.25) is 0 Å². The van der Waals surface area contributed by atoms with Crippen LogP contribution in [0.2, 0.25) is 0 Å². The van der Waals surface area contributed by atoms with E-state index >= 15 is 0 Å². The SMILES string of the molecule is CCOC(=O)OC(=O)CCCSSc1ccc(N=[N+]=[N-])cc1. The second-order valence-corrected chi connectivity index (χ2v) is 6.34. The lowest BCUT2D eigenvalue weighted by atomic mass is 10.3. The van der Waals surface area contributed by atoms with Gasteiger partial charge in [0.1, 0.15) is 0 Å². The Bertz CT molecular complexity index is 545. The molecule has 1 rings (SSSR count). The molecule has 9 heteroatoms. The van der Waals surface area contributed by atoms with Gasteiger partial charge in [-0.15, -0.1) is 0 Å². The quantitative estimate of drug-likeness (QED) is 0.127. The Hall–Kier alpha value is -1.83. The van der Waals surface area contributed by atoms with Crippen molar-refractivity contribution < 1.29 is 19.1 Å². The Morgan fingerprint density at radius 1 is 1.32 bits per heavy atom. The standard InChI is InChI=1S/C13H15N3O4S2/c1-2-19-13(18)20-12(17)4-3-9-21-22-11-7-5-10(6-8-11)15-16-14/h5-8H,2-4,9H2,1H3. The summed E-state index contributed by atoms with van der Waals surface area (Å²) in [4.78, 5) is 25.9. The van der Waals surface area contributed by atoms with Crippen LogP contribution in [0.4, 0.5) is 10.5 Å². The summed E-state index contributed by atoms with van der Waals surface area (Å²) in [7, 11) is 3.15. The largest absolute Gasteiger partial charge is 0.516 e. The fraction of sp³-hybridized carbons (Fsp3) is 0.385. The summed E-state index contributed by atoms with van der Waals surface area (Å²) < 4.78 is 8.94. The van der Waals surface area contributed by atoms with Gasteiger partial charge in [-0.3, -0.25) is 4.79 Å². The monoisotopic (exact) mass is 341 g/mol. The summed E-state index contributed by atoms with van der Waals surface area (Å²) in [6, 6.07) is 7.19. The van der Waals surface area contributed by atoms with E-state index in [2.05, 4.69) is 19.5 Å². The van der Waals surface area contributed by atoms with Crippen molar-refractivity contribution in [2.75, 3.05) is 12.4 Å². The topological polar surface area (TPSA) is 101 Å². The third-order valence-corrected chi connectivity index (χ3v) is 4.69. The highest BCUT2D eigenvalue weighted by molar-refractivity contribution is 8.76. The number of benzene rings is 1. The van der Waals surface area contributed by atoms with Gasteiger partial charge < -0.3 is 9.47 Å². The number of hydrogen-bond acceptors (Lipinski definition) is 7. The minimum absolute atomic E-state index is 0.169. The Balaban J connectivity index is 2.16. The zero-order chi connectivity index (χ0) is 16.2. The van der Waals surface area contributed by atoms with Crippen LogP contribution in [0.15, 0.2) is 34.3 Å². The molecule has 22 heavy (non-hydrogen) atoms. The molecule has 0 aromatic heterocycles. The van der Waals surface area contributed by atoms with Crippen LogP contribution >= 0.6 is 21.6 Å². The number of hydrogen-bond donors (Lipinski definition) is 0. The summed E-state index contributed by atoms with van der Waals surface area (Å²) in [5.41, 5.74) is 8.87.